The Hall–Kier alpha value is -2.36. The van der Waals surface area contributed by atoms with Gasteiger partial charge in [-0.25, -0.2) is 0 Å². The van der Waals surface area contributed by atoms with Crippen LogP contribution in [-0.4, -0.2) is 0 Å². The molecule has 8 N–H and O–H groups in total. The van der Waals surface area contributed by atoms with Crippen LogP contribution in [0.3, 0.4) is 0 Å². The van der Waals surface area contributed by atoms with E-state index < -0.39 is 0 Å². The second-order valence-corrected chi connectivity index (χ2v) is 3.53. The van der Waals surface area contributed by atoms with Crippen molar-refractivity contribution >= 4 is 22.7 Å². The summed E-state index contributed by atoms with van der Waals surface area (Å²) in [4.78, 5) is 0. The molecule has 0 heterocycles. The molecule has 4 nitrogen and oxygen atoms in total. The number of benzene rings is 2. The van der Waals surface area contributed by atoms with Gasteiger partial charge in [0.2, 0.25) is 0 Å². The van der Waals surface area contributed by atoms with E-state index in [0.29, 0.717) is 28.3 Å². The van der Waals surface area contributed by atoms with Gasteiger partial charge in [-0.15, -0.1) is 0 Å². The van der Waals surface area contributed by atoms with Crippen molar-refractivity contribution in [2.24, 2.45) is 0 Å². The highest BCUT2D eigenvalue weighted by Crippen LogP contribution is 2.37. The van der Waals surface area contributed by atoms with Crippen molar-refractivity contribution in [1.82, 2.24) is 0 Å². The third kappa shape index (κ3) is 1.50. The van der Waals surface area contributed by atoms with Crippen LogP contribution < -0.4 is 22.9 Å². The number of para-hydroxylation sites is 1. The zero-order valence-electron chi connectivity index (χ0n) is 8.70. The third-order valence-electron chi connectivity index (χ3n) is 2.47. The maximum absolute atomic E-state index is 5.90. The van der Waals surface area contributed by atoms with Crippen LogP contribution >= 0.6 is 0 Å². The first-order valence-electron chi connectivity index (χ1n) is 4.81. The van der Waals surface area contributed by atoms with E-state index in [1.165, 1.54) is 0 Å². The zero-order chi connectivity index (χ0) is 11.7. The van der Waals surface area contributed by atoms with Gasteiger partial charge < -0.3 is 22.9 Å². The predicted molar refractivity (Wildman–Crippen MR) is 68.4 cm³/mol. The van der Waals surface area contributed by atoms with E-state index in [-0.39, 0.29) is 0 Å². The summed E-state index contributed by atoms with van der Waals surface area (Å²) in [6.07, 6.45) is 0. The topological polar surface area (TPSA) is 104 Å². The van der Waals surface area contributed by atoms with E-state index in [9.17, 15) is 0 Å². The van der Waals surface area contributed by atoms with Crippen molar-refractivity contribution in [1.29, 1.82) is 0 Å². The lowest BCUT2D eigenvalue weighted by atomic mass is 9.99. The van der Waals surface area contributed by atoms with Gasteiger partial charge >= 0.3 is 0 Å². The summed E-state index contributed by atoms with van der Waals surface area (Å²) < 4.78 is 0. The molecule has 4 heteroatoms. The van der Waals surface area contributed by atoms with Crippen LogP contribution in [0.15, 0.2) is 30.3 Å². The Labute approximate surface area is 93.8 Å². The highest BCUT2D eigenvalue weighted by atomic mass is 14.7. The molecular formula is C12H13N4. The summed E-state index contributed by atoms with van der Waals surface area (Å²) in [5.41, 5.74) is 26.8. The minimum Gasteiger partial charge on any atom is -0.398 e. The molecular weight excluding hydrogens is 200 g/mol. The summed E-state index contributed by atoms with van der Waals surface area (Å²) in [6, 6.07) is 11.7. The molecule has 0 unspecified atom stereocenters. The van der Waals surface area contributed by atoms with Gasteiger partial charge in [-0.3, -0.25) is 0 Å². The fourth-order valence-electron chi connectivity index (χ4n) is 1.63. The molecule has 2 rings (SSSR count). The summed E-state index contributed by atoms with van der Waals surface area (Å²) in [5.74, 6) is 0. The van der Waals surface area contributed by atoms with Crippen LogP contribution in [0.25, 0.3) is 11.1 Å². The molecule has 0 saturated carbocycles. The molecule has 0 amide bonds. The molecule has 0 bridgehead atoms. The first-order chi connectivity index (χ1) is 7.61. The zero-order valence-corrected chi connectivity index (χ0v) is 8.70. The minimum atomic E-state index is 0.470. The lowest BCUT2D eigenvalue weighted by molar-refractivity contribution is 1.58. The maximum atomic E-state index is 5.90. The molecule has 0 aliphatic heterocycles. The maximum Gasteiger partial charge on any atom is 0.0628 e. The molecule has 0 aliphatic rings. The van der Waals surface area contributed by atoms with E-state index in [1.807, 2.05) is 12.1 Å². The van der Waals surface area contributed by atoms with Gasteiger partial charge in [-0.2, -0.15) is 0 Å². The van der Waals surface area contributed by atoms with Gasteiger partial charge in [0.05, 0.1) is 11.4 Å². The van der Waals surface area contributed by atoms with Crippen molar-refractivity contribution in [2.75, 3.05) is 22.9 Å². The van der Waals surface area contributed by atoms with Crippen molar-refractivity contribution in [3.05, 3.63) is 36.4 Å². The molecule has 81 valence electrons. The molecule has 0 spiro atoms. The first kappa shape index (κ1) is 10.2. The monoisotopic (exact) mass is 213 g/mol. The largest absolute Gasteiger partial charge is 0.398 e. The summed E-state index contributed by atoms with van der Waals surface area (Å²) >= 11 is 0. The molecule has 16 heavy (non-hydrogen) atoms. The third-order valence-corrected chi connectivity index (χ3v) is 2.47. The van der Waals surface area contributed by atoms with Crippen LogP contribution in [0.5, 0.6) is 0 Å². The van der Waals surface area contributed by atoms with Gasteiger partial charge in [-0.05, 0) is 12.1 Å². The summed E-state index contributed by atoms with van der Waals surface area (Å²) in [7, 11) is 0. The van der Waals surface area contributed by atoms with Crippen molar-refractivity contribution in [3.63, 3.8) is 0 Å². The second kappa shape index (κ2) is 3.66. The minimum absolute atomic E-state index is 0.470. The molecule has 2 aromatic carbocycles. The Balaban J connectivity index is 2.73. The highest BCUT2D eigenvalue weighted by Gasteiger charge is 2.11. The number of nitrogen functional groups attached to an aromatic ring is 4. The Bertz CT molecular complexity index is 514. The normalized spacial score (nSPS) is 10.2. The lowest BCUT2D eigenvalue weighted by Crippen LogP contribution is -2.01. The van der Waals surface area contributed by atoms with Gasteiger partial charge in [0.15, 0.2) is 0 Å². The van der Waals surface area contributed by atoms with Crippen LogP contribution in [0.1, 0.15) is 0 Å². The fraction of sp³-hybridized carbons (Fsp3) is 0. The standard InChI is InChI=1S/C12H13N4/c13-8-4-2-5-9(14)11(8)7-3-1-6-10(15)12(7)16/h1-4,6H,13-16H2. The second-order valence-electron chi connectivity index (χ2n) is 3.53. The summed E-state index contributed by atoms with van der Waals surface area (Å²) in [5, 5.41) is 0. The highest BCUT2D eigenvalue weighted by molar-refractivity contribution is 5.94. The van der Waals surface area contributed by atoms with E-state index in [0.717, 1.165) is 5.56 Å². The van der Waals surface area contributed by atoms with E-state index in [1.54, 1.807) is 18.2 Å². The van der Waals surface area contributed by atoms with Crippen LogP contribution in [-0.2, 0) is 0 Å². The van der Waals surface area contributed by atoms with E-state index in [4.69, 9.17) is 22.9 Å². The molecule has 0 saturated heterocycles. The van der Waals surface area contributed by atoms with Crippen LogP contribution in [0.4, 0.5) is 22.7 Å². The van der Waals surface area contributed by atoms with Gasteiger partial charge in [0.1, 0.15) is 0 Å². The van der Waals surface area contributed by atoms with Crippen molar-refractivity contribution < 1.29 is 0 Å². The number of rotatable bonds is 1. The molecule has 0 atom stereocenters. The molecule has 1 radical (unpaired) electrons. The molecule has 2 aromatic rings. The van der Waals surface area contributed by atoms with E-state index >= 15 is 0 Å². The van der Waals surface area contributed by atoms with Crippen molar-refractivity contribution in [2.45, 2.75) is 0 Å². The molecule has 0 aromatic heterocycles. The van der Waals surface area contributed by atoms with Crippen molar-refractivity contribution in [3.8, 4) is 11.1 Å². The van der Waals surface area contributed by atoms with Crippen LogP contribution in [0, 0.1) is 6.07 Å². The Morgan fingerprint density at radius 3 is 2.31 bits per heavy atom. The number of nitrogens with two attached hydrogens (primary N) is 4. The SMILES string of the molecule is Nc1[c]ccc(N)c1-c1cccc(N)c1N. The average molecular weight is 213 g/mol. The Morgan fingerprint density at radius 2 is 1.62 bits per heavy atom. The van der Waals surface area contributed by atoms with Crippen LogP contribution in [0.2, 0.25) is 0 Å². The number of anilines is 4. The number of hydrogen-bond donors (Lipinski definition) is 4. The van der Waals surface area contributed by atoms with E-state index in [2.05, 4.69) is 6.07 Å². The molecule has 0 aliphatic carbocycles. The van der Waals surface area contributed by atoms with Gasteiger partial charge in [0, 0.05) is 28.6 Å². The average Bonchev–Trinajstić information content (AvgIpc) is 2.24. The molecule has 0 fully saturated rings. The fourth-order valence-corrected chi connectivity index (χ4v) is 1.63. The van der Waals surface area contributed by atoms with Gasteiger partial charge in [0.25, 0.3) is 0 Å². The summed E-state index contributed by atoms with van der Waals surface area (Å²) in [6.45, 7) is 0. The predicted octanol–water partition coefficient (Wildman–Crippen LogP) is 1.48. The lowest BCUT2D eigenvalue weighted by Gasteiger charge is -2.12. The quantitative estimate of drug-likeness (QED) is 0.538. The Morgan fingerprint density at radius 1 is 0.875 bits per heavy atom. The first-order valence-corrected chi connectivity index (χ1v) is 4.81. The Kier molecular flexibility index (Phi) is 2.32. The number of hydrogen-bond acceptors (Lipinski definition) is 4. The smallest absolute Gasteiger partial charge is 0.0628 e. The van der Waals surface area contributed by atoms with Gasteiger partial charge in [-0.1, -0.05) is 18.2 Å².